The smallest absolute Gasteiger partial charge is 0.0695 e. The summed E-state index contributed by atoms with van der Waals surface area (Å²) in [6.07, 6.45) is 6.29. The molecule has 0 saturated carbocycles. The van der Waals surface area contributed by atoms with Gasteiger partial charge in [-0.1, -0.05) is 13.8 Å². The molecule has 0 bridgehead atoms. The Balaban J connectivity index is 2.72. The van der Waals surface area contributed by atoms with Crippen LogP contribution in [0.25, 0.3) is 0 Å². The van der Waals surface area contributed by atoms with E-state index in [2.05, 4.69) is 44.9 Å². The quantitative estimate of drug-likeness (QED) is 0.618. The van der Waals surface area contributed by atoms with Crippen LogP contribution in [-0.4, -0.2) is 29.5 Å². The van der Waals surface area contributed by atoms with E-state index in [0.717, 1.165) is 56.5 Å². The summed E-state index contributed by atoms with van der Waals surface area (Å²) in [5.74, 6) is 0. The molecule has 0 saturated heterocycles. The fourth-order valence-electron chi connectivity index (χ4n) is 2.30. The molecule has 1 rings (SSSR count). The van der Waals surface area contributed by atoms with Gasteiger partial charge in [0.2, 0.25) is 0 Å². The first kappa shape index (κ1) is 17.7. The summed E-state index contributed by atoms with van der Waals surface area (Å²) in [6.45, 7) is 10.1. The summed E-state index contributed by atoms with van der Waals surface area (Å²) in [5.41, 5.74) is 1.27. The number of hydrogen-bond acceptors (Lipinski definition) is 3. The van der Waals surface area contributed by atoms with Crippen molar-refractivity contribution in [3.8, 4) is 0 Å². The third-order valence-electron chi connectivity index (χ3n) is 3.23. The number of nitrogens with one attached hydrogen (secondary N) is 1. The van der Waals surface area contributed by atoms with Gasteiger partial charge in [0.25, 0.3) is 0 Å². The van der Waals surface area contributed by atoms with E-state index < -0.39 is 0 Å². The molecule has 5 heteroatoms. The molecule has 1 aromatic rings. The number of nitrogens with zero attached hydrogens (tertiary/aromatic N) is 2. The summed E-state index contributed by atoms with van der Waals surface area (Å²) in [5, 5.41) is 8.12. The van der Waals surface area contributed by atoms with Crippen molar-refractivity contribution in [1.82, 2.24) is 15.1 Å². The van der Waals surface area contributed by atoms with E-state index in [4.69, 9.17) is 4.74 Å². The maximum absolute atomic E-state index is 5.45. The Bertz CT molecular complexity index is 368. The van der Waals surface area contributed by atoms with Crippen molar-refractivity contribution in [3.05, 3.63) is 16.4 Å². The highest BCUT2D eigenvalue weighted by molar-refractivity contribution is 9.10. The summed E-state index contributed by atoms with van der Waals surface area (Å²) < 4.78 is 8.68. The van der Waals surface area contributed by atoms with Gasteiger partial charge in [-0.2, -0.15) is 5.10 Å². The molecule has 0 aliphatic rings. The summed E-state index contributed by atoms with van der Waals surface area (Å²) in [6, 6.07) is 0.346. The molecule has 0 aromatic carbocycles. The van der Waals surface area contributed by atoms with Gasteiger partial charge in [-0.25, -0.2) is 0 Å². The third kappa shape index (κ3) is 5.54. The monoisotopic (exact) mass is 345 g/mol. The Morgan fingerprint density at radius 2 is 2.15 bits per heavy atom. The van der Waals surface area contributed by atoms with Crippen LogP contribution >= 0.6 is 15.9 Å². The van der Waals surface area contributed by atoms with Crippen molar-refractivity contribution in [2.24, 2.45) is 0 Å². The van der Waals surface area contributed by atoms with Crippen LogP contribution in [0.4, 0.5) is 0 Å². The molecular formula is C15H28BrN3O. The molecule has 1 N–H and O–H groups in total. The number of hydrogen-bond donors (Lipinski definition) is 1. The topological polar surface area (TPSA) is 39.1 Å². The molecule has 1 unspecified atom stereocenters. The van der Waals surface area contributed by atoms with Crippen molar-refractivity contribution < 1.29 is 4.74 Å². The third-order valence-corrected chi connectivity index (χ3v) is 3.84. The lowest BCUT2D eigenvalue weighted by molar-refractivity contribution is 0.140. The predicted octanol–water partition coefficient (Wildman–Crippen LogP) is 3.91. The lowest BCUT2D eigenvalue weighted by atomic mass is 10.1. The highest BCUT2D eigenvalue weighted by atomic mass is 79.9. The van der Waals surface area contributed by atoms with Crippen LogP contribution in [0.15, 0.2) is 10.7 Å². The molecule has 0 amide bonds. The van der Waals surface area contributed by atoms with Crippen LogP contribution < -0.4 is 5.32 Å². The van der Waals surface area contributed by atoms with Gasteiger partial charge >= 0.3 is 0 Å². The minimum Gasteiger partial charge on any atom is -0.382 e. The summed E-state index contributed by atoms with van der Waals surface area (Å²) in [7, 11) is 0. The van der Waals surface area contributed by atoms with Gasteiger partial charge in [-0.15, -0.1) is 0 Å². The second-order valence-corrected chi connectivity index (χ2v) is 5.80. The van der Waals surface area contributed by atoms with Crippen LogP contribution in [-0.2, 0) is 11.3 Å². The van der Waals surface area contributed by atoms with Crippen LogP contribution in [0.5, 0.6) is 0 Å². The van der Waals surface area contributed by atoms with Crippen LogP contribution in [0.1, 0.15) is 58.2 Å². The van der Waals surface area contributed by atoms with E-state index in [0.29, 0.717) is 6.04 Å². The van der Waals surface area contributed by atoms with Gasteiger partial charge in [-0.3, -0.25) is 4.68 Å². The van der Waals surface area contributed by atoms with E-state index in [1.165, 1.54) is 5.69 Å². The van der Waals surface area contributed by atoms with Gasteiger partial charge in [0.05, 0.1) is 22.4 Å². The first-order valence-electron chi connectivity index (χ1n) is 7.76. The van der Waals surface area contributed by atoms with Gasteiger partial charge in [0.1, 0.15) is 0 Å². The number of rotatable bonds is 11. The van der Waals surface area contributed by atoms with Crippen molar-refractivity contribution in [2.45, 2.75) is 59.0 Å². The summed E-state index contributed by atoms with van der Waals surface area (Å²) >= 11 is 3.65. The molecule has 0 aliphatic heterocycles. The highest BCUT2D eigenvalue weighted by Gasteiger charge is 2.19. The molecule has 0 aliphatic carbocycles. The van der Waals surface area contributed by atoms with Crippen molar-refractivity contribution in [1.29, 1.82) is 0 Å². The fourth-order valence-corrected chi connectivity index (χ4v) is 2.87. The lowest BCUT2D eigenvalue weighted by Gasteiger charge is -2.20. The zero-order valence-electron chi connectivity index (χ0n) is 13.0. The Kier molecular flexibility index (Phi) is 9.14. The maximum atomic E-state index is 5.45. The normalized spacial score (nSPS) is 12.8. The van der Waals surface area contributed by atoms with Crippen LogP contribution in [0, 0.1) is 0 Å². The zero-order chi connectivity index (χ0) is 14.8. The average Bonchev–Trinajstić information content (AvgIpc) is 2.80. The molecule has 0 fully saturated rings. The first-order chi connectivity index (χ1) is 9.74. The molecule has 0 spiro atoms. The molecule has 4 nitrogen and oxygen atoms in total. The first-order valence-corrected chi connectivity index (χ1v) is 8.56. The number of aromatic nitrogens is 2. The van der Waals surface area contributed by atoms with Crippen molar-refractivity contribution >= 4 is 15.9 Å². The second-order valence-electron chi connectivity index (χ2n) is 4.95. The van der Waals surface area contributed by atoms with Crippen LogP contribution in [0.2, 0.25) is 0 Å². The van der Waals surface area contributed by atoms with Gasteiger partial charge in [0, 0.05) is 19.8 Å². The number of ether oxygens (including phenoxy) is 1. The van der Waals surface area contributed by atoms with Gasteiger partial charge < -0.3 is 10.1 Å². The molecule has 1 heterocycles. The van der Waals surface area contributed by atoms with E-state index in [1.54, 1.807) is 0 Å². The number of aryl methyl sites for hydroxylation is 1. The molecule has 0 radical (unpaired) electrons. The number of halogens is 1. The summed E-state index contributed by atoms with van der Waals surface area (Å²) in [4.78, 5) is 0. The van der Waals surface area contributed by atoms with Crippen molar-refractivity contribution in [2.75, 3.05) is 19.8 Å². The largest absolute Gasteiger partial charge is 0.382 e. The Morgan fingerprint density at radius 1 is 1.35 bits per heavy atom. The lowest BCUT2D eigenvalue weighted by Crippen LogP contribution is -2.25. The predicted molar refractivity (Wildman–Crippen MR) is 87.0 cm³/mol. The molecule has 20 heavy (non-hydrogen) atoms. The van der Waals surface area contributed by atoms with E-state index in [1.807, 2.05) is 13.1 Å². The fraction of sp³-hybridized carbons (Fsp3) is 0.800. The standard InChI is InChI=1S/C15H28BrN3O/c1-4-9-17-14(8-7-11-20-6-3)15-13(16)12-18-19(15)10-5-2/h12,14,17H,4-11H2,1-3H3. The van der Waals surface area contributed by atoms with Crippen LogP contribution in [0.3, 0.4) is 0 Å². The van der Waals surface area contributed by atoms with Gasteiger partial charge in [0.15, 0.2) is 0 Å². The average molecular weight is 346 g/mol. The Morgan fingerprint density at radius 3 is 2.80 bits per heavy atom. The molecule has 116 valence electrons. The second kappa shape index (κ2) is 10.4. The SMILES string of the molecule is CCCNC(CCCOCC)c1c(Br)cnn1CCC. The molecule has 1 atom stereocenters. The highest BCUT2D eigenvalue weighted by Crippen LogP contribution is 2.27. The molecule has 1 aromatic heterocycles. The van der Waals surface area contributed by atoms with E-state index >= 15 is 0 Å². The molecular weight excluding hydrogens is 318 g/mol. The van der Waals surface area contributed by atoms with Gasteiger partial charge in [-0.05, 0) is 55.1 Å². The Hall–Kier alpha value is -0.390. The Labute approximate surface area is 131 Å². The zero-order valence-corrected chi connectivity index (χ0v) is 14.6. The minimum absolute atomic E-state index is 0.346. The van der Waals surface area contributed by atoms with E-state index in [9.17, 15) is 0 Å². The minimum atomic E-state index is 0.346. The van der Waals surface area contributed by atoms with E-state index in [-0.39, 0.29) is 0 Å². The van der Waals surface area contributed by atoms with Crippen molar-refractivity contribution in [3.63, 3.8) is 0 Å². The maximum Gasteiger partial charge on any atom is 0.0695 e.